The van der Waals surface area contributed by atoms with Crippen LogP contribution in [0.2, 0.25) is 0 Å². The molecule has 1 aliphatic rings. The van der Waals surface area contributed by atoms with Crippen LogP contribution in [0.15, 0.2) is 53.4 Å². The maximum Gasteiger partial charge on any atom is 0.243 e. The molecule has 0 radical (unpaired) electrons. The second kappa shape index (κ2) is 7.21. The van der Waals surface area contributed by atoms with E-state index in [1.807, 2.05) is 13.0 Å². The number of ketones is 1. The molecule has 1 fully saturated rings. The van der Waals surface area contributed by atoms with Gasteiger partial charge in [0.05, 0.1) is 4.90 Å². The number of carbonyl (C=O) groups is 1. The molecule has 3 rings (SSSR count). The summed E-state index contributed by atoms with van der Waals surface area (Å²) in [5.74, 6) is -0.0747. The number of rotatable bonds is 4. The molecular weight excluding hydrogens is 348 g/mol. The van der Waals surface area contributed by atoms with E-state index in [9.17, 15) is 13.2 Å². The fourth-order valence-electron chi connectivity index (χ4n) is 3.34. The molecule has 1 heterocycles. The van der Waals surface area contributed by atoms with Crippen molar-refractivity contribution in [2.24, 2.45) is 0 Å². The van der Waals surface area contributed by atoms with Crippen LogP contribution in [-0.2, 0) is 10.0 Å². The van der Waals surface area contributed by atoms with E-state index in [2.05, 4.69) is 30.0 Å². The van der Waals surface area contributed by atoms with E-state index in [0.29, 0.717) is 25.2 Å². The van der Waals surface area contributed by atoms with Gasteiger partial charge in [-0.05, 0) is 50.6 Å². The lowest BCUT2D eigenvalue weighted by atomic mass is 10.1. The summed E-state index contributed by atoms with van der Waals surface area (Å²) in [7, 11) is -3.56. The number of carbonyl (C=O) groups excluding carboxylic acids is 1. The largest absolute Gasteiger partial charge is 0.366 e. The van der Waals surface area contributed by atoms with Gasteiger partial charge in [-0.2, -0.15) is 4.31 Å². The lowest BCUT2D eigenvalue weighted by Gasteiger charge is -2.40. The van der Waals surface area contributed by atoms with Crippen molar-refractivity contribution in [1.82, 2.24) is 4.31 Å². The number of piperazine rings is 1. The number of hydrogen-bond acceptors (Lipinski definition) is 4. The summed E-state index contributed by atoms with van der Waals surface area (Å²) in [6.07, 6.45) is 0. The van der Waals surface area contributed by atoms with Crippen LogP contribution >= 0.6 is 0 Å². The summed E-state index contributed by atoms with van der Waals surface area (Å²) >= 11 is 0. The van der Waals surface area contributed by atoms with E-state index in [1.165, 1.54) is 28.9 Å². The summed E-state index contributed by atoms with van der Waals surface area (Å²) in [5.41, 5.74) is 2.83. The van der Waals surface area contributed by atoms with Crippen molar-refractivity contribution in [2.75, 3.05) is 24.5 Å². The molecule has 1 saturated heterocycles. The third kappa shape index (κ3) is 3.66. The van der Waals surface area contributed by atoms with E-state index in [-0.39, 0.29) is 16.7 Å². The van der Waals surface area contributed by atoms with Gasteiger partial charge in [0.15, 0.2) is 5.78 Å². The fraction of sp³-hybridized carbons (Fsp3) is 0.350. The first kappa shape index (κ1) is 18.6. The Morgan fingerprint density at radius 2 is 1.77 bits per heavy atom. The Kier molecular flexibility index (Phi) is 5.16. The molecule has 2 aromatic rings. The van der Waals surface area contributed by atoms with Gasteiger partial charge < -0.3 is 4.90 Å². The maximum absolute atomic E-state index is 12.9. The van der Waals surface area contributed by atoms with Crippen LogP contribution in [0.1, 0.15) is 29.8 Å². The highest BCUT2D eigenvalue weighted by Crippen LogP contribution is 2.25. The minimum Gasteiger partial charge on any atom is -0.366 e. The van der Waals surface area contributed by atoms with Crippen LogP contribution in [0.3, 0.4) is 0 Å². The number of anilines is 1. The Morgan fingerprint density at radius 1 is 1.08 bits per heavy atom. The maximum atomic E-state index is 12.9. The predicted octanol–water partition coefficient (Wildman–Crippen LogP) is 3.10. The minimum absolute atomic E-state index is 0.0747. The Labute approximate surface area is 155 Å². The number of hydrogen-bond donors (Lipinski definition) is 0. The lowest BCUT2D eigenvalue weighted by molar-refractivity contribution is 0.101. The molecule has 0 aromatic heterocycles. The predicted molar refractivity (Wildman–Crippen MR) is 103 cm³/mol. The van der Waals surface area contributed by atoms with Crippen LogP contribution in [-0.4, -0.2) is 44.2 Å². The number of benzene rings is 2. The van der Waals surface area contributed by atoms with Crippen molar-refractivity contribution < 1.29 is 13.2 Å². The number of sulfonamides is 1. The molecule has 0 saturated carbocycles. The van der Waals surface area contributed by atoms with Crippen molar-refractivity contribution in [3.05, 3.63) is 59.7 Å². The fourth-order valence-corrected chi connectivity index (χ4v) is 4.86. The molecule has 5 nitrogen and oxygen atoms in total. The number of aryl methyl sites for hydroxylation is 1. The minimum atomic E-state index is -3.56. The molecule has 0 bridgehead atoms. The molecular formula is C20H24N2O3S. The summed E-state index contributed by atoms with van der Waals surface area (Å²) in [5, 5.41) is 0. The van der Waals surface area contributed by atoms with Gasteiger partial charge in [0, 0.05) is 36.9 Å². The highest BCUT2D eigenvalue weighted by atomic mass is 32.2. The molecule has 0 spiro atoms. The van der Waals surface area contributed by atoms with Crippen LogP contribution in [0.4, 0.5) is 5.69 Å². The highest BCUT2D eigenvalue weighted by Gasteiger charge is 2.32. The van der Waals surface area contributed by atoms with Gasteiger partial charge in [0.25, 0.3) is 0 Å². The zero-order chi connectivity index (χ0) is 18.9. The summed E-state index contributed by atoms with van der Waals surface area (Å²) in [4.78, 5) is 13.9. The van der Waals surface area contributed by atoms with E-state index in [4.69, 9.17) is 0 Å². The van der Waals surface area contributed by atoms with E-state index >= 15 is 0 Å². The van der Waals surface area contributed by atoms with Gasteiger partial charge in [0.1, 0.15) is 0 Å². The van der Waals surface area contributed by atoms with Crippen molar-refractivity contribution in [3.63, 3.8) is 0 Å². The Balaban J connectivity index is 1.78. The van der Waals surface area contributed by atoms with Crippen molar-refractivity contribution in [3.8, 4) is 0 Å². The quantitative estimate of drug-likeness (QED) is 0.774. The van der Waals surface area contributed by atoms with Crippen LogP contribution in [0.5, 0.6) is 0 Å². The number of Topliss-reactive ketones (excluding diaryl/α,β-unsaturated/α-hetero) is 1. The normalized spacial score (nSPS) is 18.7. The van der Waals surface area contributed by atoms with Crippen molar-refractivity contribution >= 4 is 21.5 Å². The molecule has 2 aromatic carbocycles. The lowest BCUT2D eigenvalue weighted by Crippen LogP contribution is -2.53. The molecule has 26 heavy (non-hydrogen) atoms. The van der Waals surface area contributed by atoms with Gasteiger partial charge in [-0.15, -0.1) is 0 Å². The monoisotopic (exact) mass is 372 g/mol. The third-order valence-corrected chi connectivity index (χ3v) is 6.70. The topological polar surface area (TPSA) is 57.7 Å². The molecule has 1 atom stereocenters. The average Bonchev–Trinajstić information content (AvgIpc) is 2.61. The molecule has 138 valence electrons. The Morgan fingerprint density at radius 3 is 2.35 bits per heavy atom. The summed E-state index contributed by atoms with van der Waals surface area (Å²) < 4.78 is 27.4. The highest BCUT2D eigenvalue weighted by molar-refractivity contribution is 7.89. The van der Waals surface area contributed by atoms with Crippen molar-refractivity contribution in [1.29, 1.82) is 0 Å². The summed E-state index contributed by atoms with van der Waals surface area (Å²) in [6.45, 7) is 7.09. The molecule has 0 unspecified atom stereocenters. The van der Waals surface area contributed by atoms with Gasteiger partial charge in [-0.3, -0.25) is 4.79 Å². The van der Waals surface area contributed by atoms with Gasteiger partial charge in [-0.25, -0.2) is 8.42 Å². The molecule has 0 amide bonds. The third-order valence-electron chi connectivity index (χ3n) is 4.82. The standard InChI is InChI=1S/C20H24N2O3S/c1-15-5-4-6-19(13-15)22-12-11-21(14-16(22)2)26(24,25)20-9-7-18(8-10-20)17(3)23/h4-10,13,16H,11-12,14H2,1-3H3/t16-/m0/s1. The second-order valence-electron chi connectivity index (χ2n) is 6.83. The van der Waals surface area contributed by atoms with Crippen molar-refractivity contribution in [2.45, 2.75) is 31.7 Å². The van der Waals surface area contributed by atoms with E-state index in [0.717, 1.165) is 5.69 Å². The first-order chi connectivity index (χ1) is 12.3. The van der Waals surface area contributed by atoms with Crippen LogP contribution < -0.4 is 4.90 Å². The first-order valence-corrected chi connectivity index (χ1v) is 10.2. The smallest absolute Gasteiger partial charge is 0.243 e. The molecule has 0 aliphatic carbocycles. The van der Waals surface area contributed by atoms with Crippen LogP contribution in [0.25, 0.3) is 0 Å². The molecule has 6 heteroatoms. The SMILES string of the molecule is CC(=O)c1ccc(S(=O)(=O)N2CCN(c3cccc(C)c3)[C@@H](C)C2)cc1. The average molecular weight is 372 g/mol. The van der Waals surface area contributed by atoms with Gasteiger partial charge in [-0.1, -0.05) is 24.3 Å². The number of nitrogens with zero attached hydrogens (tertiary/aromatic N) is 2. The zero-order valence-corrected chi connectivity index (χ0v) is 16.2. The van der Waals surface area contributed by atoms with E-state index in [1.54, 1.807) is 12.1 Å². The first-order valence-electron chi connectivity index (χ1n) is 8.73. The van der Waals surface area contributed by atoms with E-state index < -0.39 is 10.0 Å². The van der Waals surface area contributed by atoms with Gasteiger partial charge >= 0.3 is 0 Å². The molecule has 0 N–H and O–H groups in total. The summed E-state index contributed by atoms with van der Waals surface area (Å²) in [6, 6.07) is 14.5. The van der Waals surface area contributed by atoms with Crippen LogP contribution in [0, 0.1) is 6.92 Å². The Hall–Kier alpha value is -2.18. The second-order valence-corrected chi connectivity index (χ2v) is 8.76. The Bertz CT molecular complexity index is 907. The molecule has 1 aliphatic heterocycles. The van der Waals surface area contributed by atoms with Gasteiger partial charge in [0.2, 0.25) is 10.0 Å². The zero-order valence-electron chi connectivity index (χ0n) is 15.3.